The maximum absolute atomic E-state index is 13.4. The molecule has 0 saturated heterocycles. The average Bonchev–Trinajstić information content (AvgIpc) is 2.60. The Hall–Kier alpha value is -3.15. The van der Waals surface area contributed by atoms with E-state index in [0.717, 1.165) is 17.7 Å². The fraction of sp³-hybridized carbons (Fsp3) is 0.182. The van der Waals surface area contributed by atoms with E-state index in [1.54, 1.807) is 56.3 Å². The van der Waals surface area contributed by atoms with Crippen LogP contribution in [0.15, 0.2) is 60.7 Å². The summed E-state index contributed by atoms with van der Waals surface area (Å²) in [5.41, 5.74) is 2.50. The number of anilines is 1. The highest BCUT2D eigenvalue weighted by Gasteiger charge is 2.31. The molecule has 0 atom stereocenters. The third kappa shape index (κ3) is 4.97. The molecule has 1 N–H and O–H groups in total. The third-order valence-electron chi connectivity index (χ3n) is 4.17. The fourth-order valence-electron chi connectivity index (χ4n) is 3.02. The second-order valence-electron chi connectivity index (χ2n) is 6.65. The first-order chi connectivity index (χ1) is 13.2. The first-order valence-electron chi connectivity index (χ1n) is 8.72. The molecule has 3 rings (SSSR count). The van der Waals surface area contributed by atoms with E-state index in [-0.39, 0.29) is 18.0 Å². The molecule has 3 aromatic rings. The third-order valence-corrected chi connectivity index (χ3v) is 4.17. The Morgan fingerprint density at radius 2 is 1.54 bits per heavy atom. The maximum Gasteiger partial charge on any atom is 0.416 e. The van der Waals surface area contributed by atoms with Crippen LogP contribution in [-0.2, 0) is 17.4 Å². The number of aryl methyl sites for hydroxylation is 2. The van der Waals surface area contributed by atoms with Gasteiger partial charge in [-0.2, -0.15) is 13.2 Å². The van der Waals surface area contributed by atoms with Crippen LogP contribution in [0.4, 0.5) is 18.9 Å². The van der Waals surface area contributed by atoms with Crippen LogP contribution in [0, 0.1) is 13.8 Å². The molecule has 1 heterocycles. The molecule has 2 aromatic carbocycles. The predicted octanol–water partition coefficient (Wildman–Crippen LogP) is 5.57. The lowest BCUT2D eigenvalue weighted by atomic mass is 10.0. The Bertz CT molecular complexity index is 978. The van der Waals surface area contributed by atoms with Gasteiger partial charge in [0.15, 0.2) is 0 Å². The van der Waals surface area contributed by atoms with E-state index < -0.39 is 11.7 Å². The highest BCUT2D eigenvalue weighted by atomic mass is 19.4. The van der Waals surface area contributed by atoms with Crippen molar-refractivity contribution in [3.05, 3.63) is 83.2 Å². The van der Waals surface area contributed by atoms with E-state index in [0.29, 0.717) is 22.5 Å². The van der Waals surface area contributed by atoms with Crippen LogP contribution in [-0.4, -0.2) is 10.9 Å². The maximum atomic E-state index is 13.4. The molecule has 1 amide bonds. The highest BCUT2D eigenvalue weighted by Crippen LogP contribution is 2.35. The van der Waals surface area contributed by atoms with Crippen molar-refractivity contribution >= 4 is 11.6 Å². The number of alkyl halides is 3. The van der Waals surface area contributed by atoms with Gasteiger partial charge >= 0.3 is 6.18 Å². The van der Waals surface area contributed by atoms with Crippen LogP contribution in [0.1, 0.15) is 22.5 Å². The average molecular weight is 384 g/mol. The molecule has 0 saturated carbocycles. The molecule has 0 radical (unpaired) electrons. The molecule has 0 bridgehead atoms. The van der Waals surface area contributed by atoms with Gasteiger partial charge in [-0.1, -0.05) is 30.3 Å². The summed E-state index contributed by atoms with van der Waals surface area (Å²) in [6, 6.07) is 16.0. The largest absolute Gasteiger partial charge is 0.416 e. The van der Waals surface area contributed by atoms with Gasteiger partial charge in [0.25, 0.3) is 0 Å². The van der Waals surface area contributed by atoms with Gasteiger partial charge in [0.1, 0.15) is 0 Å². The van der Waals surface area contributed by atoms with Crippen LogP contribution in [0.25, 0.3) is 11.1 Å². The number of benzene rings is 2. The summed E-state index contributed by atoms with van der Waals surface area (Å²) in [6.07, 6.45) is -4.44. The van der Waals surface area contributed by atoms with Gasteiger partial charge in [-0.05, 0) is 60.9 Å². The lowest BCUT2D eigenvalue weighted by molar-refractivity contribution is -0.137. The monoisotopic (exact) mass is 384 g/mol. The van der Waals surface area contributed by atoms with Crippen molar-refractivity contribution in [2.24, 2.45) is 0 Å². The summed E-state index contributed by atoms with van der Waals surface area (Å²) in [5.74, 6) is -0.376. The number of carbonyl (C=O) groups excluding carboxylic acids is 1. The lowest BCUT2D eigenvalue weighted by Gasteiger charge is -2.14. The van der Waals surface area contributed by atoms with Crippen molar-refractivity contribution in [3.63, 3.8) is 0 Å². The van der Waals surface area contributed by atoms with E-state index in [4.69, 9.17) is 0 Å². The van der Waals surface area contributed by atoms with Gasteiger partial charge in [-0.3, -0.25) is 9.78 Å². The first kappa shape index (κ1) is 19.6. The van der Waals surface area contributed by atoms with E-state index in [1.807, 2.05) is 6.07 Å². The van der Waals surface area contributed by atoms with Gasteiger partial charge in [0, 0.05) is 17.1 Å². The van der Waals surface area contributed by atoms with Crippen molar-refractivity contribution in [3.8, 4) is 11.1 Å². The Labute approximate surface area is 161 Å². The number of nitrogens with zero attached hydrogens (tertiary/aromatic N) is 1. The normalized spacial score (nSPS) is 11.3. The van der Waals surface area contributed by atoms with Crippen LogP contribution in [0.5, 0.6) is 0 Å². The molecule has 28 heavy (non-hydrogen) atoms. The molecule has 1 aromatic heterocycles. The summed E-state index contributed by atoms with van der Waals surface area (Å²) in [7, 11) is 0. The van der Waals surface area contributed by atoms with Crippen molar-refractivity contribution in [2.45, 2.75) is 26.4 Å². The summed E-state index contributed by atoms with van der Waals surface area (Å²) < 4.78 is 40.1. The second-order valence-corrected chi connectivity index (χ2v) is 6.65. The number of hydrogen-bond acceptors (Lipinski definition) is 2. The van der Waals surface area contributed by atoms with Crippen LogP contribution in [0.2, 0.25) is 0 Å². The molecule has 0 aliphatic carbocycles. The minimum Gasteiger partial charge on any atom is -0.326 e. The highest BCUT2D eigenvalue weighted by molar-refractivity contribution is 5.93. The van der Waals surface area contributed by atoms with Crippen LogP contribution < -0.4 is 5.32 Å². The SMILES string of the molecule is Cc1cc(-c2cc(NC(=O)Cc3ccccc3)cc(C(F)(F)F)c2)cc(C)n1. The Kier molecular flexibility index (Phi) is 5.49. The molecule has 3 nitrogen and oxygen atoms in total. The number of carbonyl (C=O) groups is 1. The van der Waals surface area contributed by atoms with Gasteiger partial charge in [-0.15, -0.1) is 0 Å². The molecule has 0 aliphatic heterocycles. The number of rotatable bonds is 4. The number of nitrogens with one attached hydrogen (secondary N) is 1. The quantitative estimate of drug-likeness (QED) is 0.639. The van der Waals surface area contributed by atoms with Gasteiger partial charge in [0.05, 0.1) is 12.0 Å². The summed E-state index contributed by atoms with van der Waals surface area (Å²) in [4.78, 5) is 16.6. The number of aromatic nitrogens is 1. The smallest absolute Gasteiger partial charge is 0.326 e. The lowest BCUT2D eigenvalue weighted by Crippen LogP contribution is -2.15. The Morgan fingerprint density at radius 3 is 2.14 bits per heavy atom. The molecule has 0 unspecified atom stereocenters. The van der Waals surface area contributed by atoms with Crippen molar-refractivity contribution < 1.29 is 18.0 Å². The first-order valence-corrected chi connectivity index (χ1v) is 8.72. The van der Waals surface area contributed by atoms with Crippen LogP contribution in [0.3, 0.4) is 0 Å². The minimum absolute atomic E-state index is 0.0832. The van der Waals surface area contributed by atoms with E-state index in [1.165, 1.54) is 0 Å². The van der Waals surface area contributed by atoms with Gasteiger partial charge in [0.2, 0.25) is 5.91 Å². The molecule has 0 aliphatic rings. The van der Waals surface area contributed by atoms with Crippen molar-refractivity contribution in [2.75, 3.05) is 5.32 Å². The summed E-state index contributed by atoms with van der Waals surface area (Å²) in [5, 5.41) is 2.59. The number of hydrogen-bond donors (Lipinski definition) is 1. The van der Waals surface area contributed by atoms with Gasteiger partial charge < -0.3 is 5.32 Å². The fourth-order valence-corrected chi connectivity index (χ4v) is 3.02. The molecule has 144 valence electrons. The number of pyridine rings is 1. The number of halogens is 3. The topological polar surface area (TPSA) is 42.0 Å². The Morgan fingerprint density at radius 1 is 0.929 bits per heavy atom. The molecule has 6 heteroatoms. The predicted molar refractivity (Wildman–Crippen MR) is 103 cm³/mol. The summed E-state index contributed by atoms with van der Waals surface area (Å²) in [6.45, 7) is 3.57. The molecular weight excluding hydrogens is 365 g/mol. The van der Waals surface area contributed by atoms with Crippen molar-refractivity contribution in [1.82, 2.24) is 4.98 Å². The second kappa shape index (κ2) is 7.84. The standard InChI is InChI=1S/C22H19F3N2O/c1-14-8-17(9-15(2)26-14)18-11-19(22(23,24)25)13-20(12-18)27-21(28)10-16-6-4-3-5-7-16/h3-9,11-13H,10H2,1-2H3,(H,27,28). The summed E-state index contributed by atoms with van der Waals surface area (Å²) >= 11 is 0. The van der Waals surface area contributed by atoms with Gasteiger partial charge in [-0.25, -0.2) is 0 Å². The minimum atomic E-state index is -4.52. The molecule has 0 spiro atoms. The zero-order chi connectivity index (χ0) is 20.3. The zero-order valence-electron chi connectivity index (χ0n) is 15.5. The molecule has 0 fully saturated rings. The molecular formula is C22H19F3N2O. The zero-order valence-corrected chi connectivity index (χ0v) is 15.5. The van der Waals surface area contributed by atoms with Crippen LogP contribution >= 0.6 is 0 Å². The Balaban J connectivity index is 1.95. The van der Waals surface area contributed by atoms with Crippen molar-refractivity contribution in [1.29, 1.82) is 0 Å². The van der Waals surface area contributed by atoms with E-state index >= 15 is 0 Å². The van der Waals surface area contributed by atoms with E-state index in [9.17, 15) is 18.0 Å². The van der Waals surface area contributed by atoms with E-state index in [2.05, 4.69) is 10.3 Å². The number of amides is 1.